The Morgan fingerprint density at radius 1 is 1.20 bits per heavy atom. The Morgan fingerprint density at radius 2 is 2.00 bits per heavy atom. The lowest BCUT2D eigenvalue weighted by Crippen LogP contribution is -2.45. The Kier molecular flexibility index (Phi) is 2.96. The summed E-state index contributed by atoms with van der Waals surface area (Å²) >= 11 is 0. The van der Waals surface area contributed by atoms with Gasteiger partial charge in [0.2, 0.25) is 0 Å². The molecule has 0 aliphatic carbocycles. The van der Waals surface area contributed by atoms with Crippen LogP contribution in [0.25, 0.3) is 0 Å². The third-order valence-corrected chi connectivity index (χ3v) is 2.41. The highest BCUT2D eigenvalue weighted by Crippen LogP contribution is 2.21. The van der Waals surface area contributed by atoms with Crippen LogP contribution in [-0.4, -0.2) is 24.1 Å². The standard InChI is InChI=1S/C7H14N2.ClH/c1-3-7-4-2-6-9(7)8-5-1;/h7-8H,1-6H2;1H. The van der Waals surface area contributed by atoms with Crippen LogP contribution in [0.4, 0.5) is 0 Å². The fraction of sp³-hybridized carbons (Fsp3) is 1.00. The molecule has 0 bridgehead atoms. The SMILES string of the molecule is C1CNN2CCCC2C1.Cl. The van der Waals surface area contributed by atoms with Gasteiger partial charge in [0.1, 0.15) is 0 Å². The van der Waals surface area contributed by atoms with Crippen molar-refractivity contribution in [1.29, 1.82) is 0 Å². The van der Waals surface area contributed by atoms with Crippen LogP contribution in [0.15, 0.2) is 0 Å². The largest absolute Gasteiger partial charge is 0.255 e. The summed E-state index contributed by atoms with van der Waals surface area (Å²) < 4.78 is 0. The summed E-state index contributed by atoms with van der Waals surface area (Å²) in [6, 6.07) is 0.888. The van der Waals surface area contributed by atoms with E-state index in [1.807, 2.05) is 0 Å². The molecular formula is C7H15ClN2. The normalized spacial score (nSPS) is 33.0. The molecule has 3 heteroatoms. The zero-order valence-electron chi connectivity index (χ0n) is 6.18. The molecule has 2 rings (SSSR count). The Labute approximate surface area is 68.4 Å². The van der Waals surface area contributed by atoms with Gasteiger partial charge in [-0.2, -0.15) is 0 Å². The predicted molar refractivity (Wildman–Crippen MR) is 44.2 cm³/mol. The molecule has 0 radical (unpaired) electrons. The van der Waals surface area contributed by atoms with Gasteiger partial charge in [-0.05, 0) is 25.7 Å². The lowest BCUT2D eigenvalue weighted by Gasteiger charge is -2.29. The summed E-state index contributed by atoms with van der Waals surface area (Å²) in [5, 5.41) is 2.42. The summed E-state index contributed by atoms with van der Waals surface area (Å²) in [5.74, 6) is 0. The Bertz CT molecular complexity index is 95.8. The molecule has 2 nitrogen and oxygen atoms in total. The number of halogens is 1. The third kappa shape index (κ3) is 1.44. The summed E-state index contributed by atoms with van der Waals surface area (Å²) in [5.41, 5.74) is 3.41. The molecule has 0 aromatic carbocycles. The van der Waals surface area contributed by atoms with Crippen LogP contribution >= 0.6 is 12.4 Å². The van der Waals surface area contributed by atoms with Crippen LogP contribution in [-0.2, 0) is 0 Å². The van der Waals surface area contributed by atoms with Gasteiger partial charge in [0.15, 0.2) is 0 Å². The molecule has 0 aromatic heterocycles. The van der Waals surface area contributed by atoms with Gasteiger partial charge >= 0.3 is 0 Å². The van der Waals surface area contributed by atoms with Gasteiger partial charge in [0.05, 0.1) is 0 Å². The average molecular weight is 163 g/mol. The lowest BCUT2D eigenvalue weighted by atomic mass is 10.1. The number of hydrogen-bond donors (Lipinski definition) is 1. The maximum absolute atomic E-state index is 3.41. The number of nitrogens with zero attached hydrogens (tertiary/aromatic N) is 1. The molecule has 10 heavy (non-hydrogen) atoms. The van der Waals surface area contributed by atoms with E-state index in [1.54, 1.807) is 0 Å². The van der Waals surface area contributed by atoms with E-state index in [2.05, 4.69) is 10.4 Å². The van der Waals surface area contributed by atoms with Crippen LogP contribution in [0.2, 0.25) is 0 Å². The van der Waals surface area contributed by atoms with Crippen molar-refractivity contribution in [3.05, 3.63) is 0 Å². The molecule has 1 N–H and O–H groups in total. The van der Waals surface area contributed by atoms with Gasteiger partial charge < -0.3 is 0 Å². The van der Waals surface area contributed by atoms with E-state index in [-0.39, 0.29) is 12.4 Å². The van der Waals surface area contributed by atoms with E-state index >= 15 is 0 Å². The van der Waals surface area contributed by atoms with E-state index in [0.29, 0.717) is 0 Å². The number of fused-ring (bicyclic) bond motifs is 1. The van der Waals surface area contributed by atoms with Crippen molar-refractivity contribution < 1.29 is 0 Å². The molecule has 0 aromatic rings. The maximum atomic E-state index is 3.41. The molecule has 0 amide bonds. The highest BCUT2D eigenvalue weighted by atomic mass is 35.5. The first kappa shape index (κ1) is 8.31. The molecule has 0 spiro atoms. The Balaban J connectivity index is 0.000000500. The summed E-state index contributed by atoms with van der Waals surface area (Å²) in [4.78, 5) is 0. The molecule has 2 heterocycles. The summed E-state index contributed by atoms with van der Waals surface area (Å²) in [6.45, 7) is 2.49. The van der Waals surface area contributed by atoms with Gasteiger partial charge in [-0.1, -0.05) is 0 Å². The first-order valence-electron chi connectivity index (χ1n) is 3.97. The minimum atomic E-state index is 0. The number of nitrogens with one attached hydrogen (secondary N) is 1. The van der Waals surface area contributed by atoms with Crippen molar-refractivity contribution in [3.8, 4) is 0 Å². The monoisotopic (exact) mass is 162 g/mol. The fourth-order valence-corrected chi connectivity index (χ4v) is 1.90. The second kappa shape index (κ2) is 3.56. The predicted octanol–water partition coefficient (Wildman–Crippen LogP) is 1.17. The molecular weight excluding hydrogens is 148 g/mol. The second-order valence-corrected chi connectivity index (χ2v) is 3.04. The van der Waals surface area contributed by atoms with Gasteiger partial charge in [-0.15, -0.1) is 12.4 Å². The lowest BCUT2D eigenvalue weighted by molar-refractivity contribution is 0.127. The Morgan fingerprint density at radius 3 is 2.80 bits per heavy atom. The van der Waals surface area contributed by atoms with Crippen molar-refractivity contribution in [2.24, 2.45) is 0 Å². The number of hydrazine groups is 1. The molecule has 2 aliphatic heterocycles. The smallest absolute Gasteiger partial charge is 0.0244 e. The van der Waals surface area contributed by atoms with E-state index < -0.39 is 0 Å². The molecule has 2 fully saturated rings. The van der Waals surface area contributed by atoms with E-state index in [4.69, 9.17) is 0 Å². The molecule has 2 saturated heterocycles. The highest BCUT2D eigenvalue weighted by molar-refractivity contribution is 5.85. The number of rotatable bonds is 0. The van der Waals surface area contributed by atoms with Gasteiger partial charge in [0, 0.05) is 19.1 Å². The van der Waals surface area contributed by atoms with Gasteiger partial charge in [-0.25, -0.2) is 5.01 Å². The average Bonchev–Trinajstić information content (AvgIpc) is 2.33. The fourth-order valence-electron chi connectivity index (χ4n) is 1.90. The van der Waals surface area contributed by atoms with Gasteiger partial charge in [-0.3, -0.25) is 5.43 Å². The Hall–Kier alpha value is 0.210. The molecule has 1 atom stereocenters. The quantitative estimate of drug-likeness (QED) is 0.576. The van der Waals surface area contributed by atoms with Crippen LogP contribution in [0.3, 0.4) is 0 Å². The van der Waals surface area contributed by atoms with Crippen LogP contribution in [0.1, 0.15) is 25.7 Å². The first-order valence-corrected chi connectivity index (χ1v) is 3.97. The minimum Gasteiger partial charge on any atom is -0.255 e. The topological polar surface area (TPSA) is 15.3 Å². The minimum absolute atomic E-state index is 0. The van der Waals surface area contributed by atoms with Crippen LogP contribution in [0.5, 0.6) is 0 Å². The maximum Gasteiger partial charge on any atom is 0.0244 e. The van der Waals surface area contributed by atoms with Crippen molar-refractivity contribution in [1.82, 2.24) is 10.4 Å². The van der Waals surface area contributed by atoms with Crippen molar-refractivity contribution in [2.45, 2.75) is 31.7 Å². The van der Waals surface area contributed by atoms with Crippen LogP contribution < -0.4 is 5.43 Å². The third-order valence-electron chi connectivity index (χ3n) is 2.41. The highest BCUT2D eigenvalue weighted by Gasteiger charge is 2.25. The zero-order chi connectivity index (χ0) is 6.10. The summed E-state index contributed by atoms with van der Waals surface area (Å²) in [6.07, 6.45) is 5.62. The molecule has 2 aliphatic rings. The van der Waals surface area contributed by atoms with Crippen molar-refractivity contribution in [2.75, 3.05) is 13.1 Å². The van der Waals surface area contributed by atoms with Crippen molar-refractivity contribution in [3.63, 3.8) is 0 Å². The van der Waals surface area contributed by atoms with Crippen LogP contribution in [0, 0.1) is 0 Å². The van der Waals surface area contributed by atoms with E-state index in [9.17, 15) is 0 Å². The van der Waals surface area contributed by atoms with Crippen molar-refractivity contribution >= 4 is 12.4 Å². The molecule has 0 saturated carbocycles. The summed E-state index contributed by atoms with van der Waals surface area (Å²) in [7, 11) is 0. The molecule has 60 valence electrons. The van der Waals surface area contributed by atoms with E-state index in [1.165, 1.54) is 38.8 Å². The second-order valence-electron chi connectivity index (χ2n) is 3.04. The van der Waals surface area contributed by atoms with E-state index in [0.717, 1.165) is 6.04 Å². The zero-order valence-corrected chi connectivity index (χ0v) is 6.99. The first-order chi connectivity index (χ1) is 4.47. The van der Waals surface area contributed by atoms with Gasteiger partial charge in [0.25, 0.3) is 0 Å². The number of hydrogen-bond acceptors (Lipinski definition) is 2. The molecule has 1 unspecified atom stereocenters.